The molecule has 0 rings (SSSR count). The molecule has 4 heteroatoms. The first-order valence-corrected chi connectivity index (χ1v) is 3.87. The van der Waals surface area contributed by atoms with Crippen LogP contribution in [0.15, 0.2) is 0 Å². The van der Waals surface area contributed by atoms with E-state index in [-0.39, 0.29) is 0 Å². The Morgan fingerprint density at radius 3 is 2.20 bits per heavy atom. The van der Waals surface area contributed by atoms with Crippen LogP contribution in [0.25, 0.3) is 0 Å². The molecular weight excluding hydrogens is 105 g/mol. The molecule has 0 radical (unpaired) electrons. The molecule has 0 heterocycles. The van der Waals surface area contributed by atoms with Gasteiger partial charge in [0.1, 0.15) is 0 Å². The Morgan fingerprint density at radius 2 is 2.20 bits per heavy atom. The van der Waals surface area contributed by atoms with Crippen molar-refractivity contribution in [3.63, 3.8) is 0 Å². The molecule has 0 bridgehead atoms. The van der Waals surface area contributed by atoms with Crippen molar-refractivity contribution in [3.8, 4) is 0 Å². The van der Waals surface area contributed by atoms with E-state index in [1.807, 2.05) is 0 Å². The van der Waals surface area contributed by atoms with Gasteiger partial charge < -0.3 is 0 Å². The van der Waals surface area contributed by atoms with Gasteiger partial charge in [0.2, 0.25) is 0 Å². The SMILES string of the molecule is CP(Cl)B=O. The van der Waals surface area contributed by atoms with E-state index >= 15 is 0 Å². The van der Waals surface area contributed by atoms with Gasteiger partial charge in [-0.05, 0) is 0 Å². The second-order valence-electron chi connectivity index (χ2n) is 0.630. The zero-order valence-corrected chi connectivity index (χ0v) is 4.46. The van der Waals surface area contributed by atoms with E-state index in [0.717, 1.165) is 6.87 Å². The van der Waals surface area contributed by atoms with Crippen molar-refractivity contribution in [3.05, 3.63) is 0 Å². The van der Waals surface area contributed by atoms with E-state index in [0.29, 0.717) is 0 Å². The van der Waals surface area contributed by atoms with E-state index in [9.17, 15) is 4.70 Å². The summed E-state index contributed by atoms with van der Waals surface area (Å²) < 4.78 is 9.40. The summed E-state index contributed by atoms with van der Waals surface area (Å²) in [5.41, 5.74) is 0. The molecule has 1 nitrogen and oxygen atoms in total. The molecule has 0 aliphatic rings. The van der Waals surface area contributed by atoms with Crippen molar-refractivity contribution in [2.24, 2.45) is 0 Å². The molecule has 0 aliphatic carbocycles. The maximum atomic E-state index is 9.40. The van der Waals surface area contributed by atoms with Gasteiger partial charge in [0.25, 0.3) is 0 Å². The van der Waals surface area contributed by atoms with E-state index < -0.39 is 7.15 Å². The molecular formula is CH3BClOP. The van der Waals surface area contributed by atoms with Gasteiger partial charge in [-0.25, -0.2) is 0 Å². The molecule has 0 aromatic rings. The Kier molecular flexibility index (Phi) is 3.13. The van der Waals surface area contributed by atoms with E-state index in [1.165, 1.54) is 0 Å². The summed E-state index contributed by atoms with van der Waals surface area (Å²) in [7, 11) is -0.807. The van der Waals surface area contributed by atoms with Crippen molar-refractivity contribution in [1.29, 1.82) is 0 Å². The van der Waals surface area contributed by atoms with E-state index in [2.05, 4.69) is 0 Å². The van der Waals surface area contributed by atoms with Crippen LogP contribution in [0.5, 0.6) is 0 Å². The first-order valence-electron chi connectivity index (χ1n) is 1.11. The van der Waals surface area contributed by atoms with Crippen LogP contribution in [0, 0.1) is 0 Å². The van der Waals surface area contributed by atoms with Gasteiger partial charge in [-0.2, -0.15) is 0 Å². The number of hydrogen-bond acceptors (Lipinski definition) is 1. The van der Waals surface area contributed by atoms with Gasteiger partial charge in [0.15, 0.2) is 0 Å². The van der Waals surface area contributed by atoms with Crippen LogP contribution in [0.3, 0.4) is 0 Å². The zero-order valence-electron chi connectivity index (χ0n) is 2.81. The Labute approximate surface area is 37.5 Å². The van der Waals surface area contributed by atoms with Crippen molar-refractivity contribution in [1.82, 2.24) is 0 Å². The monoisotopic (exact) mass is 108 g/mol. The van der Waals surface area contributed by atoms with Crippen molar-refractivity contribution >= 4 is 25.3 Å². The average Bonchev–Trinajstić information content (AvgIpc) is 1.38. The van der Waals surface area contributed by atoms with Crippen LogP contribution in [-0.4, -0.2) is 13.5 Å². The second kappa shape index (κ2) is 2.80. The summed E-state index contributed by atoms with van der Waals surface area (Å²) in [6.07, 6.45) is 0. The molecule has 1 atom stereocenters. The maximum absolute atomic E-state index is 9.40. The Morgan fingerprint density at radius 1 is 2.00 bits per heavy atom. The fourth-order valence-electron chi connectivity index (χ4n) is 0. The predicted octanol–water partition coefficient (Wildman–Crippen LogP) is 1.22. The quantitative estimate of drug-likeness (QED) is 0.364. The zero-order chi connectivity index (χ0) is 4.28. The third-order valence-corrected chi connectivity index (χ3v) is 0.675. The Balaban J connectivity index is 2.83. The second-order valence-corrected chi connectivity index (χ2v) is 3.49. The molecule has 0 saturated heterocycles. The molecule has 0 saturated carbocycles. The van der Waals surface area contributed by atoms with Crippen LogP contribution in [0.4, 0.5) is 0 Å². The summed E-state index contributed by atoms with van der Waals surface area (Å²) >= 11 is 5.16. The van der Waals surface area contributed by atoms with Gasteiger partial charge in [-0.1, -0.05) is 0 Å². The minimum absolute atomic E-state index is 0.747. The molecule has 0 fully saturated rings. The van der Waals surface area contributed by atoms with E-state index in [4.69, 9.17) is 11.2 Å². The number of rotatable bonds is 1. The first-order chi connectivity index (χ1) is 2.27. The first kappa shape index (κ1) is 5.58. The summed E-state index contributed by atoms with van der Waals surface area (Å²) in [5.74, 6) is 0. The third kappa shape index (κ3) is 4.58. The fraction of sp³-hybridized carbons (Fsp3) is 1.00. The summed E-state index contributed by atoms with van der Waals surface area (Å²) in [5, 5.41) is 0. The molecule has 0 aromatic heterocycles. The number of hydrogen-bond donors (Lipinski definition) is 0. The average molecular weight is 108 g/mol. The molecule has 0 aliphatic heterocycles. The van der Waals surface area contributed by atoms with Crippen molar-refractivity contribution < 1.29 is 4.70 Å². The van der Waals surface area contributed by atoms with Crippen LogP contribution in [-0.2, 0) is 4.70 Å². The topological polar surface area (TPSA) is 17.1 Å². The van der Waals surface area contributed by atoms with Gasteiger partial charge in [-0.15, -0.1) is 0 Å². The standard InChI is InChI=1S/CH3BClOP/c1-5(3)2-4/h1H3. The third-order valence-electron chi connectivity index (χ3n) is 0.145. The van der Waals surface area contributed by atoms with Crippen LogP contribution < -0.4 is 0 Å². The summed E-state index contributed by atoms with van der Waals surface area (Å²) in [6.45, 7) is 2.43. The van der Waals surface area contributed by atoms with E-state index in [1.54, 1.807) is 6.66 Å². The van der Waals surface area contributed by atoms with Gasteiger partial charge >= 0.3 is 36.6 Å². The minimum atomic E-state index is -0.807. The van der Waals surface area contributed by atoms with Crippen LogP contribution in [0.1, 0.15) is 0 Å². The molecule has 0 spiro atoms. The molecule has 28 valence electrons. The summed E-state index contributed by atoms with van der Waals surface area (Å²) in [4.78, 5) is 0. The van der Waals surface area contributed by atoms with Gasteiger partial charge in [-0.3, -0.25) is 0 Å². The molecule has 1 unspecified atom stereocenters. The van der Waals surface area contributed by atoms with Gasteiger partial charge in [0, 0.05) is 0 Å². The molecule has 0 N–H and O–H groups in total. The normalized spacial score (nSPS) is 13.2. The van der Waals surface area contributed by atoms with Crippen LogP contribution in [0.2, 0.25) is 0 Å². The van der Waals surface area contributed by atoms with Gasteiger partial charge in [0.05, 0.1) is 0 Å². The van der Waals surface area contributed by atoms with Crippen molar-refractivity contribution in [2.75, 3.05) is 6.66 Å². The molecule has 0 aromatic carbocycles. The predicted molar refractivity (Wildman–Crippen MR) is 25.1 cm³/mol. The van der Waals surface area contributed by atoms with Crippen molar-refractivity contribution in [2.45, 2.75) is 0 Å². The Hall–Kier alpha value is 0.585. The fourth-order valence-corrected chi connectivity index (χ4v) is 0. The van der Waals surface area contributed by atoms with Crippen LogP contribution >= 0.6 is 18.4 Å². The molecule has 5 heavy (non-hydrogen) atoms. The summed E-state index contributed by atoms with van der Waals surface area (Å²) in [6, 6.07) is 0. The molecule has 0 amide bonds. The Bertz CT molecular complexity index is 38.6. The number of halogens is 1.